The SMILES string of the molecule is NNC(c1cc2cc(F)ccc2o1)C1C2CCCCC21. The predicted molar refractivity (Wildman–Crippen MR) is 75.2 cm³/mol. The summed E-state index contributed by atoms with van der Waals surface area (Å²) >= 11 is 0. The van der Waals surface area contributed by atoms with Gasteiger partial charge in [0.25, 0.3) is 0 Å². The molecule has 1 heterocycles. The Morgan fingerprint density at radius 3 is 2.65 bits per heavy atom. The van der Waals surface area contributed by atoms with Gasteiger partial charge in [-0.25, -0.2) is 9.82 Å². The van der Waals surface area contributed by atoms with Crippen molar-refractivity contribution in [2.24, 2.45) is 23.6 Å². The number of benzene rings is 1. The number of rotatable bonds is 3. The van der Waals surface area contributed by atoms with E-state index in [9.17, 15) is 4.39 Å². The van der Waals surface area contributed by atoms with Crippen molar-refractivity contribution < 1.29 is 8.81 Å². The van der Waals surface area contributed by atoms with Gasteiger partial charge in [0.15, 0.2) is 0 Å². The van der Waals surface area contributed by atoms with E-state index < -0.39 is 0 Å². The minimum Gasteiger partial charge on any atom is -0.459 e. The molecule has 2 aliphatic carbocycles. The minimum atomic E-state index is -0.234. The van der Waals surface area contributed by atoms with Crippen molar-refractivity contribution in [3.8, 4) is 0 Å². The second-order valence-electron chi connectivity index (χ2n) is 6.16. The molecule has 3 atom stereocenters. The number of nitrogens with one attached hydrogen (secondary N) is 1. The maximum absolute atomic E-state index is 13.3. The maximum Gasteiger partial charge on any atom is 0.134 e. The highest BCUT2D eigenvalue weighted by Gasteiger charge is 2.55. The monoisotopic (exact) mass is 274 g/mol. The van der Waals surface area contributed by atoms with Crippen LogP contribution in [0.2, 0.25) is 0 Å². The second kappa shape index (κ2) is 4.57. The predicted octanol–water partition coefficient (Wildman–Crippen LogP) is 3.51. The lowest BCUT2D eigenvalue weighted by atomic mass is 10.0. The number of furan rings is 1. The Labute approximate surface area is 117 Å². The van der Waals surface area contributed by atoms with E-state index in [1.54, 1.807) is 6.07 Å². The molecule has 0 aliphatic heterocycles. The van der Waals surface area contributed by atoms with Crippen molar-refractivity contribution >= 4 is 11.0 Å². The zero-order chi connectivity index (χ0) is 13.7. The quantitative estimate of drug-likeness (QED) is 0.665. The average molecular weight is 274 g/mol. The molecule has 3 nitrogen and oxygen atoms in total. The summed E-state index contributed by atoms with van der Waals surface area (Å²) in [6.07, 6.45) is 5.28. The van der Waals surface area contributed by atoms with Gasteiger partial charge in [-0.05, 0) is 54.9 Å². The summed E-state index contributed by atoms with van der Waals surface area (Å²) in [4.78, 5) is 0. The molecule has 4 heteroatoms. The van der Waals surface area contributed by atoms with E-state index in [1.807, 2.05) is 6.07 Å². The summed E-state index contributed by atoms with van der Waals surface area (Å²) in [7, 11) is 0. The Balaban J connectivity index is 1.66. The zero-order valence-corrected chi connectivity index (χ0v) is 11.3. The van der Waals surface area contributed by atoms with Gasteiger partial charge in [0.1, 0.15) is 17.2 Å². The van der Waals surface area contributed by atoms with Gasteiger partial charge in [0, 0.05) is 5.39 Å². The lowest BCUT2D eigenvalue weighted by Gasteiger charge is -2.13. The van der Waals surface area contributed by atoms with E-state index in [0.717, 1.165) is 28.6 Å². The van der Waals surface area contributed by atoms with Crippen LogP contribution in [0.3, 0.4) is 0 Å². The molecule has 2 aromatic rings. The zero-order valence-electron chi connectivity index (χ0n) is 11.3. The van der Waals surface area contributed by atoms with Crippen LogP contribution in [0.5, 0.6) is 0 Å². The Hall–Kier alpha value is -1.39. The molecule has 1 aromatic carbocycles. The van der Waals surface area contributed by atoms with Crippen molar-refractivity contribution in [2.75, 3.05) is 0 Å². The third-order valence-corrected chi connectivity index (χ3v) is 5.09. The average Bonchev–Trinajstić information content (AvgIpc) is 3.01. The molecule has 2 aliphatic rings. The molecule has 0 radical (unpaired) electrons. The fourth-order valence-electron chi connectivity index (χ4n) is 4.11. The summed E-state index contributed by atoms with van der Waals surface area (Å²) in [5, 5.41) is 0.809. The number of hydrogen-bond donors (Lipinski definition) is 2. The molecule has 106 valence electrons. The van der Waals surface area contributed by atoms with E-state index in [4.69, 9.17) is 10.3 Å². The van der Waals surface area contributed by atoms with Gasteiger partial charge in [0.2, 0.25) is 0 Å². The molecule has 2 saturated carbocycles. The highest BCUT2D eigenvalue weighted by atomic mass is 19.1. The summed E-state index contributed by atoms with van der Waals surface area (Å²) in [6.45, 7) is 0. The van der Waals surface area contributed by atoms with Crippen LogP contribution in [0.15, 0.2) is 28.7 Å². The Kier molecular flexibility index (Phi) is 2.82. The van der Waals surface area contributed by atoms with Crippen molar-refractivity contribution in [3.63, 3.8) is 0 Å². The smallest absolute Gasteiger partial charge is 0.134 e. The van der Waals surface area contributed by atoms with Crippen LogP contribution in [0.4, 0.5) is 4.39 Å². The van der Waals surface area contributed by atoms with Gasteiger partial charge in [-0.1, -0.05) is 12.8 Å². The maximum atomic E-state index is 13.3. The van der Waals surface area contributed by atoms with Crippen LogP contribution in [-0.4, -0.2) is 0 Å². The first-order valence-electron chi connectivity index (χ1n) is 7.43. The van der Waals surface area contributed by atoms with Crippen molar-refractivity contribution in [1.82, 2.24) is 5.43 Å². The standard InChI is InChI=1S/C16H19FN2O/c17-10-5-6-13-9(7-10)8-14(20-13)16(19-18)15-11-3-1-2-4-12(11)15/h5-8,11-12,15-16,19H,1-4,18H2. The van der Waals surface area contributed by atoms with E-state index in [-0.39, 0.29) is 11.9 Å². The van der Waals surface area contributed by atoms with Gasteiger partial charge in [-0.2, -0.15) is 0 Å². The van der Waals surface area contributed by atoms with Gasteiger partial charge in [0.05, 0.1) is 6.04 Å². The molecule has 3 unspecified atom stereocenters. The van der Waals surface area contributed by atoms with E-state index >= 15 is 0 Å². The molecule has 0 saturated heterocycles. The first-order valence-corrected chi connectivity index (χ1v) is 7.43. The summed E-state index contributed by atoms with van der Waals surface area (Å²) in [5.41, 5.74) is 3.65. The lowest BCUT2D eigenvalue weighted by molar-refractivity contribution is 0.380. The third-order valence-electron chi connectivity index (χ3n) is 5.09. The molecular weight excluding hydrogens is 255 g/mol. The molecule has 0 bridgehead atoms. The normalized spacial score (nSPS) is 30.2. The fourth-order valence-corrected chi connectivity index (χ4v) is 4.11. The molecule has 1 aromatic heterocycles. The number of nitrogens with two attached hydrogens (primary N) is 1. The van der Waals surface area contributed by atoms with Gasteiger partial charge < -0.3 is 4.42 Å². The summed E-state index contributed by atoms with van der Waals surface area (Å²) in [6, 6.07) is 6.60. The van der Waals surface area contributed by atoms with Crippen LogP contribution < -0.4 is 11.3 Å². The first kappa shape index (κ1) is 12.4. The van der Waals surface area contributed by atoms with Crippen LogP contribution in [0.25, 0.3) is 11.0 Å². The minimum absolute atomic E-state index is 0.0542. The summed E-state index contributed by atoms with van der Waals surface area (Å²) < 4.78 is 19.1. The molecule has 0 amide bonds. The Bertz CT molecular complexity index is 626. The van der Waals surface area contributed by atoms with Crippen molar-refractivity contribution in [3.05, 3.63) is 35.8 Å². The largest absolute Gasteiger partial charge is 0.459 e. The van der Waals surface area contributed by atoms with Crippen LogP contribution >= 0.6 is 0 Å². The third kappa shape index (κ3) is 1.86. The second-order valence-corrected chi connectivity index (χ2v) is 6.16. The number of hydrogen-bond acceptors (Lipinski definition) is 3. The lowest BCUT2D eigenvalue weighted by Crippen LogP contribution is -2.30. The molecular formula is C16H19FN2O. The van der Waals surface area contributed by atoms with Crippen LogP contribution in [0, 0.1) is 23.6 Å². The fraction of sp³-hybridized carbons (Fsp3) is 0.500. The highest BCUT2D eigenvalue weighted by molar-refractivity contribution is 5.78. The van der Waals surface area contributed by atoms with Gasteiger partial charge in [-0.15, -0.1) is 0 Å². The van der Waals surface area contributed by atoms with E-state index in [0.29, 0.717) is 5.92 Å². The van der Waals surface area contributed by atoms with Crippen molar-refractivity contribution in [2.45, 2.75) is 31.7 Å². The van der Waals surface area contributed by atoms with Crippen LogP contribution in [0.1, 0.15) is 37.5 Å². The number of fused-ring (bicyclic) bond motifs is 2. The van der Waals surface area contributed by atoms with Gasteiger partial charge in [-0.3, -0.25) is 5.84 Å². The highest BCUT2D eigenvalue weighted by Crippen LogP contribution is 2.60. The molecule has 2 fully saturated rings. The topological polar surface area (TPSA) is 51.2 Å². The molecule has 0 spiro atoms. The van der Waals surface area contributed by atoms with Gasteiger partial charge >= 0.3 is 0 Å². The number of halogens is 1. The first-order chi connectivity index (χ1) is 9.78. The van der Waals surface area contributed by atoms with Crippen molar-refractivity contribution in [1.29, 1.82) is 0 Å². The summed E-state index contributed by atoms with van der Waals surface area (Å²) in [5.74, 6) is 8.52. The van der Waals surface area contributed by atoms with Crippen LogP contribution in [-0.2, 0) is 0 Å². The molecule has 4 rings (SSSR count). The number of hydrazine groups is 1. The van der Waals surface area contributed by atoms with E-state index in [2.05, 4.69) is 5.43 Å². The van der Waals surface area contributed by atoms with E-state index in [1.165, 1.54) is 37.8 Å². The Morgan fingerprint density at radius 1 is 1.20 bits per heavy atom. The Morgan fingerprint density at radius 2 is 1.95 bits per heavy atom. The molecule has 3 N–H and O–H groups in total. The molecule has 20 heavy (non-hydrogen) atoms.